The molecule has 0 unspecified atom stereocenters. The van der Waals surface area contributed by atoms with Gasteiger partial charge in [0.25, 0.3) is 5.91 Å². The van der Waals surface area contributed by atoms with E-state index in [0.717, 1.165) is 37.4 Å². The summed E-state index contributed by atoms with van der Waals surface area (Å²) < 4.78 is 5.15. The molecule has 11 heteroatoms. The Morgan fingerprint density at radius 2 is 1.76 bits per heavy atom. The van der Waals surface area contributed by atoms with Gasteiger partial charge >= 0.3 is 5.97 Å². The molecule has 0 bridgehead atoms. The number of hydrogen-bond acceptors (Lipinski definition) is 9. The molecule has 1 amide bonds. The van der Waals surface area contributed by atoms with Gasteiger partial charge in [-0.05, 0) is 56.3 Å². The van der Waals surface area contributed by atoms with Gasteiger partial charge in [-0.1, -0.05) is 41.9 Å². The molecule has 3 aromatic rings. The van der Waals surface area contributed by atoms with E-state index in [0.29, 0.717) is 36.3 Å². The van der Waals surface area contributed by atoms with Crippen LogP contribution in [-0.2, 0) is 14.3 Å². The molecule has 0 saturated carbocycles. The lowest BCUT2D eigenvalue weighted by Crippen LogP contribution is -2.44. The second-order valence-electron chi connectivity index (χ2n) is 10.4. The topological polar surface area (TPSA) is 103 Å². The number of amides is 1. The second-order valence-corrected chi connectivity index (χ2v) is 10.8. The summed E-state index contributed by atoms with van der Waals surface area (Å²) in [5, 5.41) is 6.69. The minimum atomic E-state index is -0.653. The Hall–Kier alpha value is -4.15. The number of rotatable bonds is 9. The van der Waals surface area contributed by atoms with Crippen LogP contribution < -0.4 is 20.4 Å². The van der Waals surface area contributed by atoms with Crippen LogP contribution in [0.5, 0.6) is 0 Å². The highest BCUT2D eigenvalue weighted by Crippen LogP contribution is 2.29. The van der Waals surface area contributed by atoms with E-state index in [1.54, 1.807) is 19.2 Å². The van der Waals surface area contributed by atoms with Crippen LogP contribution in [0.25, 0.3) is 6.08 Å². The molecule has 2 aromatic carbocycles. The lowest BCUT2D eigenvalue weighted by molar-refractivity contribution is -0.140. The number of benzene rings is 2. The van der Waals surface area contributed by atoms with E-state index in [-0.39, 0.29) is 18.2 Å². The minimum Gasteiger partial charge on any atom is -0.462 e. The van der Waals surface area contributed by atoms with E-state index in [2.05, 4.69) is 49.6 Å². The fraction of sp³-hybridized carbons (Fsp3) is 0.355. The van der Waals surface area contributed by atoms with Crippen LogP contribution in [-0.4, -0.2) is 85.7 Å². The van der Waals surface area contributed by atoms with Crippen molar-refractivity contribution in [3.8, 4) is 0 Å². The third-order valence-electron chi connectivity index (χ3n) is 7.39. The van der Waals surface area contributed by atoms with Crippen LogP contribution in [0.15, 0.2) is 66.4 Å². The van der Waals surface area contributed by atoms with Gasteiger partial charge in [-0.3, -0.25) is 4.79 Å². The van der Waals surface area contributed by atoms with Crippen molar-refractivity contribution < 1.29 is 14.3 Å². The normalized spacial score (nSPS) is 17.7. The molecular weight excluding hydrogens is 554 g/mol. The van der Waals surface area contributed by atoms with E-state index in [1.807, 2.05) is 47.4 Å². The van der Waals surface area contributed by atoms with Crippen molar-refractivity contribution in [3.05, 3.63) is 77.0 Å². The van der Waals surface area contributed by atoms with Gasteiger partial charge in [0, 0.05) is 56.7 Å². The van der Waals surface area contributed by atoms with Crippen LogP contribution in [0.1, 0.15) is 18.9 Å². The number of nitrogens with zero attached hydrogens (tertiary/aromatic N) is 5. The molecule has 2 fully saturated rings. The Morgan fingerprint density at radius 1 is 1.02 bits per heavy atom. The molecule has 2 saturated heterocycles. The molecule has 0 radical (unpaired) electrons. The Balaban J connectivity index is 1.22. The first-order valence-electron chi connectivity index (χ1n) is 14.2. The molecule has 2 N–H and O–H groups in total. The molecule has 2 aliphatic heterocycles. The average molecular weight is 590 g/mol. The Morgan fingerprint density at radius 3 is 2.48 bits per heavy atom. The third-order valence-corrected chi connectivity index (χ3v) is 7.66. The van der Waals surface area contributed by atoms with Crippen LogP contribution in [0.3, 0.4) is 0 Å². The van der Waals surface area contributed by atoms with Gasteiger partial charge in [-0.25, -0.2) is 9.78 Å². The zero-order chi connectivity index (χ0) is 29.5. The maximum Gasteiger partial charge on any atom is 0.343 e. The van der Waals surface area contributed by atoms with Gasteiger partial charge in [0.05, 0.1) is 12.8 Å². The first kappa shape index (κ1) is 29.3. The zero-order valence-electron chi connectivity index (χ0n) is 23.9. The molecule has 42 heavy (non-hydrogen) atoms. The summed E-state index contributed by atoms with van der Waals surface area (Å²) >= 11 is 6.51. The van der Waals surface area contributed by atoms with Crippen LogP contribution in [0, 0.1) is 0 Å². The molecule has 10 nitrogen and oxygen atoms in total. The van der Waals surface area contributed by atoms with Gasteiger partial charge in [0.15, 0.2) is 5.82 Å². The van der Waals surface area contributed by atoms with Crippen LogP contribution in [0.4, 0.5) is 23.1 Å². The first-order chi connectivity index (χ1) is 20.4. The fourth-order valence-corrected chi connectivity index (χ4v) is 5.28. The SMILES string of the molecule is CCOC(=O)/C(=C\c1ccccc1)C(=O)N[C@@H]1CCN(c2nc(Nc3ccc(N4CCN(C)CC4)cc3)ncc2Cl)C1. The number of aromatic nitrogens is 2. The fourth-order valence-electron chi connectivity index (χ4n) is 5.07. The highest BCUT2D eigenvalue weighted by Gasteiger charge is 2.29. The molecule has 3 heterocycles. The summed E-state index contributed by atoms with van der Waals surface area (Å²) in [6.07, 6.45) is 3.80. The van der Waals surface area contributed by atoms with Gasteiger partial charge < -0.3 is 30.1 Å². The number of carbonyl (C=O) groups excluding carboxylic acids is 2. The standard InChI is InChI=1S/C31H36ClN7O3/c1-3-42-30(41)26(19-22-7-5-4-6-8-22)29(40)34-24-13-14-39(21-24)28-27(32)20-33-31(36-28)35-23-9-11-25(12-10-23)38-17-15-37(2)16-18-38/h4-12,19-20,24H,3,13-18,21H2,1-2H3,(H,34,40)(H,33,35,36)/b26-19-/t24-/m1/s1. The number of ether oxygens (including phenoxy) is 1. The van der Waals surface area contributed by atoms with Crippen molar-refractivity contribution in [1.82, 2.24) is 20.2 Å². The summed E-state index contributed by atoms with van der Waals surface area (Å²) in [6.45, 7) is 7.15. The largest absolute Gasteiger partial charge is 0.462 e. The summed E-state index contributed by atoms with van der Waals surface area (Å²) in [6, 6.07) is 17.3. The number of esters is 1. The zero-order valence-corrected chi connectivity index (χ0v) is 24.7. The van der Waals surface area contributed by atoms with E-state index >= 15 is 0 Å². The number of nitrogens with one attached hydrogen (secondary N) is 2. The first-order valence-corrected chi connectivity index (χ1v) is 14.6. The van der Waals surface area contributed by atoms with Crippen molar-refractivity contribution >= 4 is 52.7 Å². The van der Waals surface area contributed by atoms with Crippen molar-refractivity contribution in [2.45, 2.75) is 19.4 Å². The molecule has 0 spiro atoms. The predicted octanol–water partition coefficient (Wildman–Crippen LogP) is 3.97. The molecule has 0 aliphatic carbocycles. The van der Waals surface area contributed by atoms with Crippen molar-refractivity contribution in [2.75, 3.05) is 68.0 Å². The van der Waals surface area contributed by atoms with Crippen molar-refractivity contribution in [2.24, 2.45) is 0 Å². The number of carbonyl (C=O) groups is 2. The number of likely N-dealkylation sites (N-methyl/N-ethyl adjacent to an activating group) is 1. The molecular formula is C31H36ClN7O3. The summed E-state index contributed by atoms with van der Waals surface area (Å²) in [5.41, 5.74) is 2.78. The van der Waals surface area contributed by atoms with Gasteiger partial charge in [-0.2, -0.15) is 4.98 Å². The molecule has 220 valence electrons. The lowest BCUT2D eigenvalue weighted by atomic mass is 10.1. The highest BCUT2D eigenvalue weighted by molar-refractivity contribution is 6.32. The molecule has 1 aromatic heterocycles. The monoisotopic (exact) mass is 589 g/mol. The molecule has 1 atom stereocenters. The van der Waals surface area contributed by atoms with E-state index in [1.165, 1.54) is 5.69 Å². The average Bonchev–Trinajstić information content (AvgIpc) is 3.46. The number of anilines is 4. The van der Waals surface area contributed by atoms with Gasteiger partial charge in [0.2, 0.25) is 5.95 Å². The number of halogens is 1. The maximum atomic E-state index is 13.2. The number of hydrogen-bond donors (Lipinski definition) is 2. The minimum absolute atomic E-state index is 0.0355. The summed E-state index contributed by atoms with van der Waals surface area (Å²) in [7, 11) is 2.15. The van der Waals surface area contributed by atoms with E-state index < -0.39 is 11.9 Å². The quantitative estimate of drug-likeness (QED) is 0.166. The Bertz CT molecular complexity index is 1410. The number of piperazine rings is 1. The molecule has 2 aliphatic rings. The van der Waals surface area contributed by atoms with Gasteiger partial charge in [0.1, 0.15) is 10.6 Å². The molecule has 5 rings (SSSR count). The maximum absolute atomic E-state index is 13.2. The van der Waals surface area contributed by atoms with Gasteiger partial charge in [-0.15, -0.1) is 0 Å². The van der Waals surface area contributed by atoms with Crippen molar-refractivity contribution in [3.63, 3.8) is 0 Å². The van der Waals surface area contributed by atoms with Crippen LogP contribution in [0.2, 0.25) is 5.02 Å². The lowest BCUT2D eigenvalue weighted by Gasteiger charge is -2.34. The Kier molecular flexibility index (Phi) is 9.55. The smallest absolute Gasteiger partial charge is 0.343 e. The Labute approximate surface area is 251 Å². The second kappa shape index (κ2) is 13.7. The summed E-state index contributed by atoms with van der Waals surface area (Å²) in [5.74, 6) is -0.102. The van der Waals surface area contributed by atoms with Crippen molar-refractivity contribution in [1.29, 1.82) is 0 Å². The van der Waals surface area contributed by atoms with E-state index in [4.69, 9.17) is 16.3 Å². The predicted molar refractivity (Wildman–Crippen MR) is 166 cm³/mol. The third kappa shape index (κ3) is 7.37. The van der Waals surface area contributed by atoms with E-state index in [9.17, 15) is 9.59 Å². The summed E-state index contributed by atoms with van der Waals surface area (Å²) in [4.78, 5) is 41.5. The highest BCUT2D eigenvalue weighted by atomic mass is 35.5. The van der Waals surface area contributed by atoms with Crippen LogP contribution >= 0.6 is 11.6 Å².